The van der Waals surface area contributed by atoms with E-state index in [0.717, 1.165) is 18.2 Å². The maximum absolute atomic E-state index is 13.7. The molecule has 1 saturated heterocycles. The van der Waals surface area contributed by atoms with Crippen LogP contribution in [-0.2, 0) is 17.5 Å². The second kappa shape index (κ2) is 5.63. The fraction of sp³-hybridized carbons (Fsp3) is 0.462. The average molecular weight is 307 g/mol. The number of hydrogen-bond acceptors (Lipinski definition) is 2. The molecule has 1 aliphatic rings. The third kappa shape index (κ3) is 3.08. The van der Waals surface area contributed by atoms with Crippen LogP contribution >= 0.6 is 12.6 Å². The summed E-state index contributed by atoms with van der Waals surface area (Å²) in [4.78, 5) is 13.0. The lowest BCUT2D eigenvalue weighted by atomic mass is 10.1. The number of thiol groups is 1. The van der Waals surface area contributed by atoms with Gasteiger partial charge in [-0.15, -0.1) is 0 Å². The standard InChI is InChI=1S/C13H13F4NOS/c14-11-3-1-2-10(13(15,16)17)9(11)6-18-5-8(7-20)4-12(18)19/h1-3,8,20H,4-7H2. The molecule has 1 fully saturated rings. The fourth-order valence-corrected chi connectivity index (χ4v) is 2.55. The van der Waals surface area contributed by atoms with E-state index in [0.29, 0.717) is 12.3 Å². The molecule has 0 N–H and O–H groups in total. The van der Waals surface area contributed by atoms with Gasteiger partial charge in [0.05, 0.1) is 5.56 Å². The highest BCUT2D eigenvalue weighted by molar-refractivity contribution is 7.80. The lowest BCUT2D eigenvalue weighted by Gasteiger charge is -2.20. The van der Waals surface area contributed by atoms with Gasteiger partial charge in [0.2, 0.25) is 5.91 Å². The predicted molar refractivity (Wildman–Crippen MR) is 68.8 cm³/mol. The van der Waals surface area contributed by atoms with Crippen LogP contribution < -0.4 is 0 Å². The summed E-state index contributed by atoms with van der Waals surface area (Å²) in [6.07, 6.45) is -4.39. The minimum Gasteiger partial charge on any atom is -0.338 e. The van der Waals surface area contributed by atoms with Crippen molar-refractivity contribution < 1.29 is 22.4 Å². The zero-order valence-corrected chi connectivity index (χ0v) is 11.3. The number of alkyl halides is 3. The molecule has 20 heavy (non-hydrogen) atoms. The molecular formula is C13H13F4NOS. The van der Waals surface area contributed by atoms with E-state index in [-0.39, 0.29) is 24.8 Å². The van der Waals surface area contributed by atoms with Gasteiger partial charge in [0.1, 0.15) is 5.82 Å². The van der Waals surface area contributed by atoms with Crippen LogP contribution in [0.4, 0.5) is 17.6 Å². The molecule has 0 radical (unpaired) electrons. The molecular weight excluding hydrogens is 294 g/mol. The SMILES string of the molecule is O=C1CC(CS)CN1Cc1c(F)cccc1C(F)(F)F. The Hall–Kier alpha value is -1.24. The molecule has 7 heteroatoms. The molecule has 0 spiro atoms. The molecule has 1 atom stereocenters. The van der Waals surface area contributed by atoms with Crippen LogP contribution in [0.3, 0.4) is 0 Å². The Morgan fingerprint density at radius 2 is 2.05 bits per heavy atom. The highest BCUT2D eigenvalue weighted by Gasteiger charge is 2.36. The van der Waals surface area contributed by atoms with E-state index in [9.17, 15) is 22.4 Å². The Bertz CT molecular complexity index is 518. The van der Waals surface area contributed by atoms with Crippen LogP contribution in [0.2, 0.25) is 0 Å². The molecule has 1 aromatic rings. The summed E-state index contributed by atoms with van der Waals surface area (Å²) in [5, 5.41) is 0. The van der Waals surface area contributed by atoms with Crippen molar-refractivity contribution in [2.24, 2.45) is 5.92 Å². The van der Waals surface area contributed by atoms with Gasteiger partial charge in [-0.25, -0.2) is 4.39 Å². The molecule has 1 aromatic carbocycles. The molecule has 2 rings (SSSR count). The fourth-order valence-electron chi connectivity index (χ4n) is 2.30. The first kappa shape index (κ1) is 15.2. The molecule has 0 bridgehead atoms. The van der Waals surface area contributed by atoms with Crippen molar-refractivity contribution in [2.75, 3.05) is 12.3 Å². The molecule has 1 amide bonds. The average Bonchev–Trinajstić information content (AvgIpc) is 2.71. The first-order valence-electron chi connectivity index (χ1n) is 6.06. The van der Waals surface area contributed by atoms with E-state index >= 15 is 0 Å². The Morgan fingerprint density at radius 3 is 2.60 bits per heavy atom. The van der Waals surface area contributed by atoms with E-state index < -0.39 is 23.1 Å². The van der Waals surface area contributed by atoms with Crippen molar-refractivity contribution in [3.05, 3.63) is 35.1 Å². The number of halogens is 4. The smallest absolute Gasteiger partial charge is 0.338 e. The molecule has 0 aliphatic carbocycles. The van der Waals surface area contributed by atoms with Gasteiger partial charge in [-0.1, -0.05) is 6.07 Å². The number of nitrogens with zero attached hydrogens (tertiary/aromatic N) is 1. The Labute approximate surface area is 119 Å². The van der Waals surface area contributed by atoms with Crippen LogP contribution in [-0.4, -0.2) is 23.1 Å². The number of rotatable bonds is 3. The van der Waals surface area contributed by atoms with Gasteiger partial charge in [-0.05, 0) is 23.8 Å². The van der Waals surface area contributed by atoms with Crippen molar-refractivity contribution in [3.63, 3.8) is 0 Å². The monoisotopic (exact) mass is 307 g/mol. The van der Waals surface area contributed by atoms with Gasteiger partial charge in [0, 0.05) is 25.1 Å². The number of hydrogen-bond donors (Lipinski definition) is 1. The minimum absolute atomic E-state index is 0.00643. The summed E-state index contributed by atoms with van der Waals surface area (Å²) in [7, 11) is 0. The molecule has 110 valence electrons. The van der Waals surface area contributed by atoms with Gasteiger partial charge in [0.15, 0.2) is 0 Å². The van der Waals surface area contributed by atoms with Gasteiger partial charge in [-0.2, -0.15) is 25.8 Å². The van der Waals surface area contributed by atoms with Gasteiger partial charge >= 0.3 is 6.18 Å². The number of amides is 1. The Morgan fingerprint density at radius 1 is 1.35 bits per heavy atom. The summed E-state index contributed by atoms with van der Waals surface area (Å²) in [6.45, 7) is -0.0431. The normalized spacial score (nSPS) is 19.8. The number of carbonyl (C=O) groups excluding carboxylic acids is 1. The summed E-state index contributed by atoms with van der Waals surface area (Å²) >= 11 is 4.08. The van der Waals surface area contributed by atoms with E-state index in [2.05, 4.69) is 12.6 Å². The van der Waals surface area contributed by atoms with E-state index in [1.165, 1.54) is 4.90 Å². The number of likely N-dealkylation sites (tertiary alicyclic amines) is 1. The number of benzene rings is 1. The quantitative estimate of drug-likeness (QED) is 0.672. The maximum atomic E-state index is 13.7. The minimum atomic E-state index is -4.64. The lowest BCUT2D eigenvalue weighted by Crippen LogP contribution is -2.27. The number of carbonyl (C=O) groups is 1. The highest BCUT2D eigenvalue weighted by atomic mass is 32.1. The zero-order valence-electron chi connectivity index (χ0n) is 10.5. The lowest BCUT2D eigenvalue weighted by molar-refractivity contribution is -0.139. The molecule has 1 unspecified atom stereocenters. The van der Waals surface area contributed by atoms with Crippen LogP contribution in [0.5, 0.6) is 0 Å². The first-order chi connectivity index (χ1) is 9.32. The largest absolute Gasteiger partial charge is 0.416 e. The summed E-state index contributed by atoms with van der Waals surface area (Å²) < 4.78 is 52.3. The van der Waals surface area contributed by atoms with Crippen molar-refractivity contribution in [1.82, 2.24) is 4.90 Å². The third-order valence-electron chi connectivity index (χ3n) is 3.33. The Balaban J connectivity index is 2.28. The third-order valence-corrected chi connectivity index (χ3v) is 3.84. The summed E-state index contributed by atoms with van der Waals surface area (Å²) in [6, 6.07) is 2.82. The second-order valence-electron chi connectivity index (χ2n) is 4.79. The molecule has 0 saturated carbocycles. The summed E-state index contributed by atoms with van der Waals surface area (Å²) in [5.41, 5.74) is -1.51. The zero-order chi connectivity index (χ0) is 14.9. The highest BCUT2D eigenvalue weighted by Crippen LogP contribution is 2.34. The second-order valence-corrected chi connectivity index (χ2v) is 5.16. The van der Waals surface area contributed by atoms with Gasteiger partial charge < -0.3 is 4.90 Å². The van der Waals surface area contributed by atoms with Crippen molar-refractivity contribution >= 4 is 18.5 Å². The van der Waals surface area contributed by atoms with E-state index in [1.807, 2.05) is 0 Å². The van der Waals surface area contributed by atoms with Gasteiger partial charge in [-0.3, -0.25) is 4.79 Å². The van der Waals surface area contributed by atoms with Crippen LogP contribution in [0.15, 0.2) is 18.2 Å². The molecule has 2 nitrogen and oxygen atoms in total. The predicted octanol–water partition coefficient (Wildman–Crippen LogP) is 3.12. The van der Waals surface area contributed by atoms with Crippen LogP contribution in [0.25, 0.3) is 0 Å². The first-order valence-corrected chi connectivity index (χ1v) is 6.69. The maximum Gasteiger partial charge on any atom is 0.416 e. The van der Waals surface area contributed by atoms with Crippen LogP contribution in [0, 0.1) is 11.7 Å². The van der Waals surface area contributed by atoms with Crippen molar-refractivity contribution in [3.8, 4) is 0 Å². The molecule has 0 aromatic heterocycles. The topological polar surface area (TPSA) is 20.3 Å². The van der Waals surface area contributed by atoms with Crippen LogP contribution in [0.1, 0.15) is 17.5 Å². The van der Waals surface area contributed by atoms with Gasteiger partial charge in [0.25, 0.3) is 0 Å². The Kier molecular flexibility index (Phi) is 4.27. The summed E-state index contributed by atoms with van der Waals surface area (Å²) in [5.74, 6) is -0.722. The molecule has 1 heterocycles. The van der Waals surface area contributed by atoms with Crippen molar-refractivity contribution in [2.45, 2.75) is 19.1 Å². The molecule has 1 aliphatic heterocycles. The van der Waals surface area contributed by atoms with Crippen molar-refractivity contribution in [1.29, 1.82) is 0 Å². The van der Waals surface area contributed by atoms with E-state index in [4.69, 9.17) is 0 Å². The van der Waals surface area contributed by atoms with E-state index in [1.54, 1.807) is 0 Å².